The molecule has 0 aliphatic carbocycles. The Kier molecular flexibility index (Phi) is 6.69. The van der Waals surface area contributed by atoms with Crippen molar-refractivity contribution in [2.45, 2.75) is 39.9 Å². The Morgan fingerprint density at radius 2 is 2.12 bits per heavy atom. The van der Waals surface area contributed by atoms with Crippen molar-refractivity contribution in [1.29, 1.82) is 0 Å². The van der Waals surface area contributed by atoms with Crippen molar-refractivity contribution in [3.63, 3.8) is 0 Å². The molecular formula is C16H26F3N5O. The summed E-state index contributed by atoms with van der Waals surface area (Å²) in [6, 6.07) is 0. The minimum absolute atomic E-state index is 0.178. The summed E-state index contributed by atoms with van der Waals surface area (Å²) >= 11 is 0. The van der Waals surface area contributed by atoms with Crippen LogP contribution >= 0.6 is 0 Å². The molecule has 1 saturated heterocycles. The van der Waals surface area contributed by atoms with Crippen LogP contribution in [0.3, 0.4) is 0 Å². The molecule has 142 valence electrons. The maximum atomic E-state index is 12.4. The van der Waals surface area contributed by atoms with Crippen LogP contribution in [-0.2, 0) is 6.54 Å². The van der Waals surface area contributed by atoms with Crippen LogP contribution in [0.1, 0.15) is 30.7 Å². The molecule has 2 rings (SSSR count). The van der Waals surface area contributed by atoms with E-state index in [4.69, 9.17) is 4.42 Å². The zero-order chi connectivity index (χ0) is 18.4. The second-order valence-electron chi connectivity index (χ2n) is 6.33. The van der Waals surface area contributed by atoms with Crippen molar-refractivity contribution in [2.75, 3.05) is 32.7 Å². The van der Waals surface area contributed by atoms with E-state index in [1.165, 1.54) is 4.90 Å². The highest BCUT2D eigenvalue weighted by molar-refractivity contribution is 5.79. The lowest BCUT2D eigenvalue weighted by Gasteiger charge is -2.18. The molecule has 0 saturated carbocycles. The number of aliphatic imine (C=N–C) groups is 1. The first-order chi connectivity index (χ1) is 11.8. The van der Waals surface area contributed by atoms with Crippen LogP contribution in [0.4, 0.5) is 13.2 Å². The summed E-state index contributed by atoms with van der Waals surface area (Å²) in [5.41, 5.74) is 0.846. The molecule has 2 N–H and O–H groups in total. The van der Waals surface area contributed by atoms with Crippen molar-refractivity contribution in [3.8, 4) is 0 Å². The van der Waals surface area contributed by atoms with Gasteiger partial charge < -0.3 is 15.1 Å². The number of likely N-dealkylation sites (tertiary alicyclic amines) is 1. The molecule has 9 heteroatoms. The number of guanidine groups is 1. The van der Waals surface area contributed by atoms with Crippen LogP contribution in [0.15, 0.2) is 9.41 Å². The number of halogens is 3. The largest absolute Gasteiger partial charge is 0.444 e. The number of nitrogens with one attached hydrogen (secondary N) is 2. The zero-order valence-electron chi connectivity index (χ0n) is 14.9. The van der Waals surface area contributed by atoms with Gasteiger partial charge in [0.05, 0.1) is 12.2 Å². The molecule has 1 unspecified atom stereocenters. The van der Waals surface area contributed by atoms with E-state index in [-0.39, 0.29) is 5.92 Å². The Balaban J connectivity index is 1.82. The summed E-state index contributed by atoms with van der Waals surface area (Å²) in [5, 5.41) is 6.32. The summed E-state index contributed by atoms with van der Waals surface area (Å²) in [5.74, 6) is 2.12. The second-order valence-corrected chi connectivity index (χ2v) is 6.33. The van der Waals surface area contributed by atoms with Gasteiger partial charge in [-0.2, -0.15) is 13.2 Å². The standard InChI is InChI=1S/C16H26F3N5O/c1-4-20-15(22-8-14-23-11(2)12(3)25-14)21-7-13-5-6-24(9-13)10-16(17,18)19/h13H,4-10H2,1-3H3,(H2,20,21,22). The third kappa shape index (κ3) is 6.56. The summed E-state index contributed by atoms with van der Waals surface area (Å²) in [4.78, 5) is 10.2. The summed E-state index contributed by atoms with van der Waals surface area (Å²) in [6.45, 7) is 7.38. The van der Waals surface area contributed by atoms with E-state index in [9.17, 15) is 13.2 Å². The lowest BCUT2D eigenvalue weighted by molar-refractivity contribution is -0.143. The number of alkyl halides is 3. The molecule has 0 amide bonds. The van der Waals surface area contributed by atoms with Crippen molar-refractivity contribution >= 4 is 5.96 Å². The predicted octanol–water partition coefficient (Wildman–Crippen LogP) is 2.23. The van der Waals surface area contributed by atoms with Gasteiger partial charge in [0, 0.05) is 19.6 Å². The van der Waals surface area contributed by atoms with Gasteiger partial charge >= 0.3 is 6.18 Å². The molecule has 1 atom stereocenters. The lowest BCUT2D eigenvalue weighted by atomic mass is 10.1. The Labute approximate surface area is 145 Å². The SMILES string of the molecule is CCNC(=NCc1nc(C)c(C)o1)NCC1CCN(CC(F)(F)F)C1. The van der Waals surface area contributed by atoms with Gasteiger partial charge in [0.1, 0.15) is 12.3 Å². The molecule has 1 aromatic heterocycles. The highest BCUT2D eigenvalue weighted by atomic mass is 19.4. The number of oxazole rings is 1. The second kappa shape index (κ2) is 8.55. The lowest BCUT2D eigenvalue weighted by Crippen LogP contribution is -2.40. The molecule has 0 bridgehead atoms. The number of rotatable bonds is 6. The molecule has 1 aliphatic rings. The molecule has 1 aliphatic heterocycles. The van der Waals surface area contributed by atoms with Crippen LogP contribution in [0.5, 0.6) is 0 Å². The van der Waals surface area contributed by atoms with Gasteiger partial charge in [-0.05, 0) is 39.7 Å². The van der Waals surface area contributed by atoms with Crippen LogP contribution < -0.4 is 10.6 Å². The average molecular weight is 361 g/mol. The number of hydrogen-bond acceptors (Lipinski definition) is 4. The van der Waals surface area contributed by atoms with Gasteiger partial charge in [-0.25, -0.2) is 9.98 Å². The van der Waals surface area contributed by atoms with Crippen LogP contribution in [-0.4, -0.2) is 54.7 Å². The Bertz CT molecular complexity index is 565. The maximum absolute atomic E-state index is 12.4. The van der Waals surface area contributed by atoms with Crippen molar-refractivity contribution in [3.05, 3.63) is 17.3 Å². The molecule has 0 aromatic carbocycles. The average Bonchev–Trinajstić information content (AvgIpc) is 3.07. The molecule has 25 heavy (non-hydrogen) atoms. The molecule has 2 heterocycles. The quantitative estimate of drug-likeness (QED) is 0.601. The van der Waals surface area contributed by atoms with E-state index >= 15 is 0 Å². The number of aromatic nitrogens is 1. The number of aryl methyl sites for hydroxylation is 2. The Morgan fingerprint density at radius 1 is 1.36 bits per heavy atom. The van der Waals surface area contributed by atoms with E-state index in [2.05, 4.69) is 20.6 Å². The fourth-order valence-corrected chi connectivity index (χ4v) is 2.81. The van der Waals surface area contributed by atoms with Gasteiger partial charge in [0.2, 0.25) is 5.89 Å². The van der Waals surface area contributed by atoms with Crippen LogP contribution in [0, 0.1) is 19.8 Å². The summed E-state index contributed by atoms with van der Waals surface area (Å²) in [6.07, 6.45) is -3.38. The van der Waals surface area contributed by atoms with Gasteiger partial charge in [-0.15, -0.1) is 0 Å². The smallest absolute Gasteiger partial charge is 0.401 e. The molecule has 1 fully saturated rings. The van der Waals surface area contributed by atoms with E-state index in [0.29, 0.717) is 44.6 Å². The van der Waals surface area contributed by atoms with E-state index in [1.807, 2.05) is 20.8 Å². The predicted molar refractivity (Wildman–Crippen MR) is 89.4 cm³/mol. The third-order valence-electron chi connectivity index (χ3n) is 4.12. The van der Waals surface area contributed by atoms with Gasteiger partial charge in [0.25, 0.3) is 0 Å². The summed E-state index contributed by atoms with van der Waals surface area (Å²) in [7, 11) is 0. The van der Waals surface area contributed by atoms with Crippen molar-refractivity contribution in [1.82, 2.24) is 20.5 Å². The van der Waals surface area contributed by atoms with Gasteiger partial charge in [-0.1, -0.05) is 0 Å². The monoisotopic (exact) mass is 361 g/mol. The normalized spacial score (nSPS) is 19.4. The first-order valence-corrected chi connectivity index (χ1v) is 8.51. The summed E-state index contributed by atoms with van der Waals surface area (Å²) < 4.78 is 42.8. The minimum atomic E-state index is -4.13. The molecule has 1 aromatic rings. The first kappa shape index (κ1) is 19.6. The number of nitrogens with zero attached hydrogens (tertiary/aromatic N) is 3. The van der Waals surface area contributed by atoms with Crippen LogP contribution in [0.2, 0.25) is 0 Å². The highest BCUT2D eigenvalue weighted by Crippen LogP contribution is 2.22. The van der Waals surface area contributed by atoms with E-state index in [0.717, 1.165) is 17.9 Å². The maximum Gasteiger partial charge on any atom is 0.401 e. The third-order valence-corrected chi connectivity index (χ3v) is 4.12. The van der Waals surface area contributed by atoms with Crippen molar-refractivity contribution in [2.24, 2.45) is 10.9 Å². The van der Waals surface area contributed by atoms with Gasteiger partial charge in [0.15, 0.2) is 5.96 Å². The fraction of sp³-hybridized carbons (Fsp3) is 0.750. The Hall–Kier alpha value is -1.77. The molecule has 0 radical (unpaired) electrons. The molecule has 6 nitrogen and oxygen atoms in total. The molecule has 0 spiro atoms. The van der Waals surface area contributed by atoms with Crippen LogP contribution in [0.25, 0.3) is 0 Å². The van der Waals surface area contributed by atoms with E-state index in [1.54, 1.807) is 0 Å². The minimum Gasteiger partial charge on any atom is -0.444 e. The van der Waals surface area contributed by atoms with Crippen molar-refractivity contribution < 1.29 is 17.6 Å². The topological polar surface area (TPSA) is 65.7 Å². The highest BCUT2D eigenvalue weighted by Gasteiger charge is 2.34. The molecular weight excluding hydrogens is 335 g/mol. The fourth-order valence-electron chi connectivity index (χ4n) is 2.81. The Morgan fingerprint density at radius 3 is 2.72 bits per heavy atom. The number of hydrogen-bond donors (Lipinski definition) is 2. The van der Waals surface area contributed by atoms with E-state index < -0.39 is 12.7 Å². The first-order valence-electron chi connectivity index (χ1n) is 8.51. The zero-order valence-corrected chi connectivity index (χ0v) is 14.9. The van der Waals surface area contributed by atoms with Gasteiger partial charge in [-0.3, -0.25) is 4.90 Å².